The first-order valence-electron chi connectivity index (χ1n) is 4.25. The van der Waals surface area contributed by atoms with Crippen LogP contribution >= 0.6 is 0 Å². The smallest absolute Gasteiger partial charge is 0.203 e. The second-order valence-corrected chi connectivity index (χ2v) is 2.89. The van der Waals surface area contributed by atoms with Gasteiger partial charge in [0.1, 0.15) is 0 Å². The molecule has 0 spiro atoms. The Labute approximate surface area is 82.6 Å². The Bertz CT molecular complexity index is 305. The molecular weight excluding hydrogens is 184 g/mol. The fraction of sp³-hybridized carbons (Fsp3) is 0.556. The van der Waals surface area contributed by atoms with E-state index in [2.05, 4.69) is 4.98 Å². The molecule has 78 valence electrons. The molecule has 0 saturated heterocycles. The summed E-state index contributed by atoms with van der Waals surface area (Å²) in [4.78, 5) is 15.6. The van der Waals surface area contributed by atoms with Crippen LogP contribution in [0, 0.1) is 0 Å². The van der Waals surface area contributed by atoms with E-state index >= 15 is 0 Å². The summed E-state index contributed by atoms with van der Waals surface area (Å²) in [5, 5.41) is 0. The largest absolute Gasteiger partial charge is 0.355 e. The average Bonchev–Trinajstić information content (AvgIpc) is 2.60. The highest BCUT2D eigenvalue weighted by atomic mass is 16.7. The first kappa shape index (κ1) is 10.9. The molecule has 14 heavy (non-hydrogen) atoms. The number of ketones is 1. The number of imidazole rings is 1. The Morgan fingerprint density at radius 3 is 2.64 bits per heavy atom. The summed E-state index contributed by atoms with van der Waals surface area (Å²) in [6, 6.07) is 0. The third kappa shape index (κ3) is 2.40. The number of rotatable bonds is 5. The maximum atomic E-state index is 11.6. The van der Waals surface area contributed by atoms with Gasteiger partial charge in [0, 0.05) is 33.7 Å². The van der Waals surface area contributed by atoms with Crippen molar-refractivity contribution in [1.29, 1.82) is 0 Å². The molecule has 1 rings (SSSR count). The van der Waals surface area contributed by atoms with Gasteiger partial charge in [-0.25, -0.2) is 4.98 Å². The second-order valence-electron chi connectivity index (χ2n) is 2.89. The number of ether oxygens (including phenoxy) is 2. The molecule has 0 aliphatic carbocycles. The third-order valence-corrected chi connectivity index (χ3v) is 1.95. The molecule has 0 fully saturated rings. The van der Waals surface area contributed by atoms with Gasteiger partial charge in [0.15, 0.2) is 12.1 Å². The maximum absolute atomic E-state index is 11.6. The van der Waals surface area contributed by atoms with Crippen LogP contribution in [0.15, 0.2) is 12.4 Å². The van der Waals surface area contributed by atoms with Gasteiger partial charge in [0.05, 0.1) is 6.42 Å². The Balaban J connectivity index is 2.63. The summed E-state index contributed by atoms with van der Waals surface area (Å²) in [6.45, 7) is 0. The Hall–Kier alpha value is -1.20. The van der Waals surface area contributed by atoms with Gasteiger partial charge in [0.2, 0.25) is 5.78 Å². The lowest BCUT2D eigenvalue weighted by Gasteiger charge is -2.11. The zero-order valence-electron chi connectivity index (χ0n) is 8.56. The van der Waals surface area contributed by atoms with Crippen LogP contribution in [-0.4, -0.2) is 35.8 Å². The molecule has 0 aromatic carbocycles. The lowest BCUT2D eigenvalue weighted by atomic mass is 10.2. The molecule has 1 aromatic heterocycles. The fourth-order valence-electron chi connectivity index (χ4n) is 1.14. The van der Waals surface area contributed by atoms with E-state index < -0.39 is 6.29 Å². The number of Topliss-reactive ketones (excluding diaryl/α,β-unsaturated/α-hetero) is 1. The monoisotopic (exact) mass is 198 g/mol. The van der Waals surface area contributed by atoms with Crippen molar-refractivity contribution in [1.82, 2.24) is 9.55 Å². The molecule has 1 aromatic rings. The number of carbonyl (C=O) groups is 1. The quantitative estimate of drug-likeness (QED) is 0.514. The van der Waals surface area contributed by atoms with E-state index in [0.29, 0.717) is 5.82 Å². The predicted octanol–water partition coefficient (Wildman–Crippen LogP) is 0.612. The van der Waals surface area contributed by atoms with E-state index in [1.165, 1.54) is 14.2 Å². The molecule has 0 bridgehead atoms. The SMILES string of the molecule is COC(CC(=O)c1nccn1C)OC. The summed E-state index contributed by atoms with van der Waals surface area (Å²) in [5.41, 5.74) is 0. The predicted molar refractivity (Wildman–Crippen MR) is 50.0 cm³/mol. The van der Waals surface area contributed by atoms with Crippen LogP contribution in [-0.2, 0) is 16.5 Å². The Kier molecular flexibility index (Phi) is 3.79. The van der Waals surface area contributed by atoms with Gasteiger partial charge in [-0.15, -0.1) is 0 Å². The van der Waals surface area contributed by atoms with Crippen LogP contribution < -0.4 is 0 Å². The molecule has 0 aliphatic heterocycles. The van der Waals surface area contributed by atoms with Crippen LogP contribution in [0.3, 0.4) is 0 Å². The van der Waals surface area contributed by atoms with E-state index in [9.17, 15) is 4.79 Å². The lowest BCUT2D eigenvalue weighted by molar-refractivity contribution is -0.0994. The molecule has 0 unspecified atom stereocenters. The maximum Gasteiger partial charge on any atom is 0.203 e. The summed E-state index contributed by atoms with van der Waals surface area (Å²) in [7, 11) is 4.77. The molecule has 5 nitrogen and oxygen atoms in total. The third-order valence-electron chi connectivity index (χ3n) is 1.95. The van der Waals surface area contributed by atoms with Crippen molar-refractivity contribution in [2.24, 2.45) is 7.05 Å². The molecule has 0 aliphatic rings. The zero-order chi connectivity index (χ0) is 10.6. The van der Waals surface area contributed by atoms with Crippen molar-refractivity contribution in [3.05, 3.63) is 18.2 Å². The van der Waals surface area contributed by atoms with Crippen LogP contribution in [0.4, 0.5) is 0 Å². The Morgan fingerprint density at radius 1 is 1.57 bits per heavy atom. The van der Waals surface area contributed by atoms with E-state index in [4.69, 9.17) is 9.47 Å². The van der Waals surface area contributed by atoms with Crippen LogP contribution in [0.2, 0.25) is 0 Å². The highest BCUT2D eigenvalue weighted by molar-refractivity contribution is 5.92. The van der Waals surface area contributed by atoms with Crippen molar-refractivity contribution >= 4 is 5.78 Å². The van der Waals surface area contributed by atoms with Crippen molar-refractivity contribution in [3.63, 3.8) is 0 Å². The Morgan fingerprint density at radius 2 is 2.21 bits per heavy atom. The summed E-state index contributed by atoms with van der Waals surface area (Å²) in [5.74, 6) is 0.329. The van der Waals surface area contributed by atoms with Gasteiger partial charge in [0.25, 0.3) is 0 Å². The topological polar surface area (TPSA) is 53.3 Å². The minimum atomic E-state index is -0.501. The fourth-order valence-corrected chi connectivity index (χ4v) is 1.14. The van der Waals surface area contributed by atoms with E-state index in [0.717, 1.165) is 0 Å². The van der Waals surface area contributed by atoms with Gasteiger partial charge >= 0.3 is 0 Å². The number of methoxy groups -OCH3 is 2. The summed E-state index contributed by atoms with van der Waals surface area (Å²) in [6.07, 6.45) is 2.99. The van der Waals surface area contributed by atoms with Crippen LogP contribution in [0.5, 0.6) is 0 Å². The molecule has 0 amide bonds. The van der Waals surface area contributed by atoms with Crippen molar-refractivity contribution in [2.75, 3.05) is 14.2 Å². The van der Waals surface area contributed by atoms with Gasteiger partial charge < -0.3 is 14.0 Å². The molecular formula is C9H14N2O3. The van der Waals surface area contributed by atoms with Gasteiger partial charge in [-0.05, 0) is 0 Å². The number of aromatic nitrogens is 2. The highest BCUT2D eigenvalue weighted by Crippen LogP contribution is 2.05. The van der Waals surface area contributed by atoms with Gasteiger partial charge in [-0.3, -0.25) is 4.79 Å². The average molecular weight is 198 g/mol. The number of carbonyl (C=O) groups excluding carboxylic acids is 1. The minimum Gasteiger partial charge on any atom is -0.355 e. The van der Waals surface area contributed by atoms with E-state index in [-0.39, 0.29) is 12.2 Å². The van der Waals surface area contributed by atoms with Gasteiger partial charge in [-0.2, -0.15) is 0 Å². The number of hydrogen-bond acceptors (Lipinski definition) is 4. The molecule has 5 heteroatoms. The first-order valence-corrected chi connectivity index (χ1v) is 4.25. The molecule has 0 saturated carbocycles. The van der Waals surface area contributed by atoms with E-state index in [1.54, 1.807) is 24.0 Å². The van der Waals surface area contributed by atoms with Crippen molar-refractivity contribution in [3.8, 4) is 0 Å². The van der Waals surface area contributed by atoms with Crippen molar-refractivity contribution < 1.29 is 14.3 Å². The number of nitrogens with zero attached hydrogens (tertiary/aromatic N) is 2. The normalized spacial score (nSPS) is 10.9. The molecule has 0 N–H and O–H groups in total. The van der Waals surface area contributed by atoms with Crippen LogP contribution in [0.25, 0.3) is 0 Å². The molecule has 0 radical (unpaired) electrons. The molecule has 0 atom stereocenters. The van der Waals surface area contributed by atoms with E-state index in [1.807, 2.05) is 0 Å². The summed E-state index contributed by atoms with van der Waals surface area (Å²) >= 11 is 0. The number of aryl methyl sites for hydroxylation is 1. The molecule has 1 heterocycles. The minimum absolute atomic E-state index is 0.0915. The van der Waals surface area contributed by atoms with Crippen molar-refractivity contribution in [2.45, 2.75) is 12.7 Å². The standard InChI is InChI=1S/C9H14N2O3/c1-11-5-4-10-9(11)7(12)6-8(13-2)14-3/h4-5,8H,6H2,1-3H3. The second kappa shape index (κ2) is 4.88. The highest BCUT2D eigenvalue weighted by Gasteiger charge is 2.16. The first-order chi connectivity index (χ1) is 6.69. The zero-order valence-corrected chi connectivity index (χ0v) is 8.56. The number of hydrogen-bond donors (Lipinski definition) is 0. The van der Waals surface area contributed by atoms with Gasteiger partial charge in [-0.1, -0.05) is 0 Å². The lowest BCUT2D eigenvalue weighted by Crippen LogP contribution is -2.20. The van der Waals surface area contributed by atoms with Crippen LogP contribution in [0.1, 0.15) is 17.0 Å². The summed E-state index contributed by atoms with van der Waals surface area (Å²) < 4.78 is 11.5.